The van der Waals surface area contributed by atoms with Gasteiger partial charge in [-0.2, -0.15) is 18.3 Å². The summed E-state index contributed by atoms with van der Waals surface area (Å²) in [6, 6.07) is 14.1. The van der Waals surface area contributed by atoms with Gasteiger partial charge in [0.25, 0.3) is 5.91 Å². The van der Waals surface area contributed by atoms with Crippen molar-refractivity contribution in [2.45, 2.75) is 12.6 Å². The fourth-order valence-corrected chi connectivity index (χ4v) is 3.41. The van der Waals surface area contributed by atoms with Crippen molar-refractivity contribution in [1.82, 2.24) is 9.78 Å². The predicted molar refractivity (Wildman–Crippen MR) is 109 cm³/mol. The van der Waals surface area contributed by atoms with Gasteiger partial charge in [0.05, 0.1) is 22.1 Å². The minimum atomic E-state index is -4.71. The van der Waals surface area contributed by atoms with Gasteiger partial charge in [-0.05, 0) is 30.7 Å². The number of anilines is 2. The second kappa shape index (κ2) is 7.87. The Bertz CT molecular complexity index is 1120. The van der Waals surface area contributed by atoms with E-state index < -0.39 is 17.8 Å². The van der Waals surface area contributed by atoms with Crippen LogP contribution < -0.4 is 10.2 Å². The minimum absolute atomic E-state index is 0.172. The Morgan fingerprint density at radius 1 is 1.07 bits per heavy atom. The Balaban J connectivity index is 1.74. The molecule has 1 aromatic heterocycles. The highest BCUT2D eigenvalue weighted by molar-refractivity contribution is 6.32. The van der Waals surface area contributed by atoms with E-state index in [2.05, 4.69) is 10.4 Å². The van der Waals surface area contributed by atoms with Crippen LogP contribution in [0, 0.1) is 0 Å². The third-order valence-electron chi connectivity index (χ3n) is 4.60. The number of nitrogens with one attached hydrogen (secondary N) is 1. The largest absolute Gasteiger partial charge is 0.435 e. The molecule has 0 saturated heterocycles. The van der Waals surface area contributed by atoms with Gasteiger partial charge >= 0.3 is 6.18 Å². The molecule has 3 aromatic rings. The van der Waals surface area contributed by atoms with Crippen molar-refractivity contribution in [3.05, 3.63) is 83.3 Å². The van der Waals surface area contributed by atoms with Gasteiger partial charge in [0.15, 0.2) is 5.69 Å². The molecule has 0 fully saturated rings. The van der Waals surface area contributed by atoms with Crippen molar-refractivity contribution in [3.8, 4) is 5.69 Å². The minimum Gasteiger partial charge on any atom is -0.346 e. The lowest BCUT2D eigenvalue weighted by Crippen LogP contribution is -2.20. The van der Waals surface area contributed by atoms with E-state index in [4.69, 9.17) is 11.6 Å². The van der Waals surface area contributed by atoms with Crippen LogP contribution in [0.3, 0.4) is 0 Å². The number of benzene rings is 2. The number of para-hydroxylation sites is 3. The smallest absolute Gasteiger partial charge is 0.346 e. The molecule has 154 valence electrons. The molecule has 5 nitrogen and oxygen atoms in total. The Morgan fingerprint density at radius 3 is 2.43 bits per heavy atom. The summed E-state index contributed by atoms with van der Waals surface area (Å²) >= 11 is 6.14. The molecular formula is C21H16ClF3N4O. The van der Waals surface area contributed by atoms with Gasteiger partial charge in [0.2, 0.25) is 0 Å². The van der Waals surface area contributed by atoms with Crippen molar-refractivity contribution in [2.75, 3.05) is 16.8 Å². The molecule has 9 heteroatoms. The molecule has 30 heavy (non-hydrogen) atoms. The van der Waals surface area contributed by atoms with Crippen LogP contribution in [-0.4, -0.2) is 22.2 Å². The molecule has 0 saturated carbocycles. The van der Waals surface area contributed by atoms with E-state index in [0.717, 1.165) is 29.4 Å². The zero-order valence-corrected chi connectivity index (χ0v) is 16.3. The summed E-state index contributed by atoms with van der Waals surface area (Å²) in [6.45, 7) is 0.753. The Kier molecular flexibility index (Phi) is 5.26. The first-order chi connectivity index (χ1) is 14.3. The molecule has 1 amide bonds. The fourth-order valence-electron chi connectivity index (χ4n) is 3.20. The van der Waals surface area contributed by atoms with E-state index >= 15 is 0 Å². The van der Waals surface area contributed by atoms with E-state index in [-0.39, 0.29) is 16.4 Å². The second-order valence-corrected chi connectivity index (χ2v) is 7.02. The first-order valence-corrected chi connectivity index (χ1v) is 9.48. The summed E-state index contributed by atoms with van der Waals surface area (Å²) in [5.41, 5.74) is -0.0462. The van der Waals surface area contributed by atoms with E-state index in [1.165, 1.54) is 12.1 Å². The van der Waals surface area contributed by atoms with Crippen LogP contribution in [0.1, 0.15) is 22.6 Å². The molecule has 0 atom stereocenters. The van der Waals surface area contributed by atoms with E-state index in [9.17, 15) is 18.0 Å². The average Bonchev–Trinajstić information content (AvgIpc) is 3.39. The van der Waals surface area contributed by atoms with Crippen molar-refractivity contribution in [1.29, 1.82) is 0 Å². The second-order valence-electron chi connectivity index (χ2n) is 6.61. The third kappa shape index (κ3) is 3.91. The zero-order valence-electron chi connectivity index (χ0n) is 15.5. The molecule has 0 unspecified atom stereocenters. The third-order valence-corrected chi connectivity index (χ3v) is 4.92. The number of amides is 1. The number of hydrogen-bond donors (Lipinski definition) is 1. The molecule has 4 rings (SSSR count). The molecule has 2 aromatic carbocycles. The summed E-state index contributed by atoms with van der Waals surface area (Å²) in [5.74, 6) is -0.728. The maximum atomic E-state index is 13.3. The van der Waals surface area contributed by atoms with Crippen LogP contribution in [0.2, 0.25) is 5.02 Å². The molecule has 1 aliphatic rings. The normalized spacial score (nSPS) is 13.7. The van der Waals surface area contributed by atoms with Crippen molar-refractivity contribution in [2.24, 2.45) is 0 Å². The lowest BCUT2D eigenvalue weighted by molar-refractivity contribution is -0.141. The molecule has 2 heterocycles. The van der Waals surface area contributed by atoms with Gasteiger partial charge in [0, 0.05) is 18.8 Å². The number of aromatic nitrogens is 2. The molecule has 0 spiro atoms. The van der Waals surface area contributed by atoms with Crippen molar-refractivity contribution < 1.29 is 18.0 Å². The first-order valence-electron chi connectivity index (χ1n) is 9.10. The van der Waals surface area contributed by atoms with Crippen LogP contribution in [0.25, 0.3) is 5.69 Å². The van der Waals surface area contributed by atoms with Crippen LogP contribution in [-0.2, 0) is 6.18 Å². The number of carbonyl (C=O) groups is 1. The molecular weight excluding hydrogens is 417 g/mol. The number of nitrogens with zero attached hydrogens (tertiary/aromatic N) is 3. The van der Waals surface area contributed by atoms with E-state index in [0.29, 0.717) is 5.69 Å². The zero-order chi connectivity index (χ0) is 21.3. The summed E-state index contributed by atoms with van der Waals surface area (Å²) in [7, 11) is 0. The molecule has 1 N–H and O–H groups in total. The fraction of sp³-hybridized carbons (Fsp3) is 0.143. The summed E-state index contributed by atoms with van der Waals surface area (Å²) in [6.07, 6.45) is 0.0672. The van der Waals surface area contributed by atoms with Gasteiger partial charge in [0.1, 0.15) is 5.69 Å². The van der Waals surface area contributed by atoms with Crippen LogP contribution >= 0.6 is 11.6 Å². The number of rotatable bonds is 4. The van der Waals surface area contributed by atoms with Crippen molar-refractivity contribution in [3.63, 3.8) is 0 Å². The SMILES string of the molecule is O=C(Nc1ccccc1N1C=CCC1)c1cc(C(F)(F)F)nn1-c1ccccc1Cl. The number of hydrogen-bond acceptors (Lipinski definition) is 3. The van der Waals surface area contributed by atoms with Crippen LogP contribution in [0.15, 0.2) is 66.9 Å². The van der Waals surface area contributed by atoms with Gasteiger partial charge < -0.3 is 10.2 Å². The lowest BCUT2D eigenvalue weighted by Gasteiger charge is -2.20. The average molecular weight is 433 g/mol. The lowest BCUT2D eigenvalue weighted by atomic mass is 10.2. The van der Waals surface area contributed by atoms with E-state index in [1.54, 1.807) is 24.3 Å². The number of halogens is 4. The highest BCUT2D eigenvalue weighted by atomic mass is 35.5. The Labute approximate surface area is 175 Å². The van der Waals surface area contributed by atoms with Gasteiger partial charge in [-0.15, -0.1) is 0 Å². The van der Waals surface area contributed by atoms with Gasteiger partial charge in [-0.3, -0.25) is 4.79 Å². The summed E-state index contributed by atoms with van der Waals surface area (Å²) in [5, 5.41) is 6.48. The summed E-state index contributed by atoms with van der Waals surface area (Å²) < 4.78 is 40.8. The first kappa shape index (κ1) is 20.0. The molecule has 0 aliphatic carbocycles. The molecule has 0 bridgehead atoms. The topological polar surface area (TPSA) is 50.2 Å². The quantitative estimate of drug-likeness (QED) is 0.590. The Hall–Kier alpha value is -3.26. The Morgan fingerprint density at radius 2 is 1.77 bits per heavy atom. The predicted octanol–water partition coefficient (Wildman–Crippen LogP) is 5.52. The highest BCUT2D eigenvalue weighted by Gasteiger charge is 2.36. The summed E-state index contributed by atoms with van der Waals surface area (Å²) in [4.78, 5) is 15.0. The number of carbonyl (C=O) groups excluding carboxylic acids is 1. The van der Waals surface area contributed by atoms with Crippen molar-refractivity contribution >= 4 is 28.9 Å². The van der Waals surface area contributed by atoms with Gasteiger partial charge in [-0.1, -0.05) is 41.9 Å². The monoisotopic (exact) mass is 432 g/mol. The van der Waals surface area contributed by atoms with Crippen LogP contribution in [0.5, 0.6) is 0 Å². The maximum Gasteiger partial charge on any atom is 0.435 e. The standard InChI is InChI=1S/C21H16ClF3N4O/c22-14-7-1-3-9-16(14)29-18(13-19(27-29)21(23,24)25)20(30)26-15-8-2-4-10-17(15)28-11-5-6-12-28/h1-5,7-11,13H,6,12H2,(H,26,30). The van der Waals surface area contributed by atoms with E-state index in [1.807, 2.05) is 29.3 Å². The maximum absolute atomic E-state index is 13.3. The highest BCUT2D eigenvalue weighted by Crippen LogP contribution is 2.32. The van der Waals surface area contributed by atoms with Crippen LogP contribution in [0.4, 0.5) is 24.5 Å². The molecule has 0 radical (unpaired) electrons. The molecule has 1 aliphatic heterocycles. The number of alkyl halides is 3. The van der Waals surface area contributed by atoms with Gasteiger partial charge in [-0.25, -0.2) is 4.68 Å².